The minimum absolute atomic E-state index is 0.109. The van der Waals surface area contributed by atoms with Crippen LogP contribution in [0.4, 0.5) is 10.5 Å². The van der Waals surface area contributed by atoms with Crippen LogP contribution in [0.3, 0.4) is 0 Å². The molecule has 2 aromatic rings. The zero-order chi connectivity index (χ0) is 24.2. The molecule has 0 bridgehead atoms. The Labute approximate surface area is 199 Å². The van der Waals surface area contributed by atoms with Gasteiger partial charge in [0.1, 0.15) is 0 Å². The summed E-state index contributed by atoms with van der Waals surface area (Å²) in [6.45, 7) is 7.77. The van der Waals surface area contributed by atoms with Gasteiger partial charge in [0.2, 0.25) is 11.8 Å². The van der Waals surface area contributed by atoms with Crippen molar-refractivity contribution in [1.29, 1.82) is 0 Å². The number of nitrogens with zero attached hydrogens (tertiary/aromatic N) is 2. The minimum atomic E-state index is -0.817. The number of ether oxygens (including phenoxy) is 2. The van der Waals surface area contributed by atoms with Crippen molar-refractivity contribution < 1.29 is 23.9 Å². The highest BCUT2D eigenvalue weighted by molar-refractivity contribution is 5.92. The molecule has 0 radical (unpaired) electrons. The van der Waals surface area contributed by atoms with E-state index in [2.05, 4.69) is 5.32 Å². The van der Waals surface area contributed by atoms with Gasteiger partial charge in [0.25, 0.3) is 0 Å². The highest BCUT2D eigenvalue weighted by Gasteiger charge is 2.48. The summed E-state index contributed by atoms with van der Waals surface area (Å²) in [7, 11) is 0. The Balaban J connectivity index is 1.65. The lowest BCUT2D eigenvalue weighted by Crippen LogP contribution is -2.51. The van der Waals surface area contributed by atoms with Crippen molar-refractivity contribution in [1.82, 2.24) is 9.80 Å². The molecular formula is C26H31N3O5. The molecule has 0 saturated carbocycles. The number of hydrogen-bond donors (Lipinski definition) is 1. The summed E-state index contributed by atoms with van der Waals surface area (Å²) in [5.41, 5.74) is 3.29. The average molecular weight is 466 g/mol. The lowest BCUT2D eigenvalue weighted by molar-refractivity contribution is -0.141. The van der Waals surface area contributed by atoms with Crippen LogP contribution in [0.15, 0.2) is 48.5 Å². The van der Waals surface area contributed by atoms with Gasteiger partial charge in [0.05, 0.1) is 19.8 Å². The molecule has 3 amide bonds. The Hall–Kier alpha value is -3.39. The van der Waals surface area contributed by atoms with E-state index in [1.807, 2.05) is 51.1 Å². The van der Waals surface area contributed by atoms with Gasteiger partial charge < -0.3 is 19.7 Å². The van der Waals surface area contributed by atoms with Gasteiger partial charge in [-0.3, -0.25) is 14.5 Å². The second-order valence-electron chi connectivity index (χ2n) is 9.07. The quantitative estimate of drug-likeness (QED) is 0.705. The third-order valence-corrected chi connectivity index (χ3v) is 6.14. The van der Waals surface area contributed by atoms with Gasteiger partial charge in [-0.15, -0.1) is 0 Å². The first kappa shape index (κ1) is 23.8. The molecule has 2 atom stereocenters. The minimum Gasteiger partial charge on any atom is -0.438 e. The molecule has 8 nitrogen and oxygen atoms in total. The van der Waals surface area contributed by atoms with Crippen LogP contribution < -0.4 is 5.32 Å². The summed E-state index contributed by atoms with van der Waals surface area (Å²) in [4.78, 5) is 42.1. The first-order valence-corrected chi connectivity index (χ1v) is 11.6. The third-order valence-electron chi connectivity index (χ3n) is 6.14. The molecule has 2 heterocycles. The summed E-state index contributed by atoms with van der Waals surface area (Å²) in [5.74, 6) is -0.445. The molecule has 180 valence electrons. The number of amides is 3. The fraction of sp³-hybridized carbons (Fsp3) is 0.423. The van der Waals surface area contributed by atoms with Gasteiger partial charge in [0, 0.05) is 24.7 Å². The van der Waals surface area contributed by atoms with Crippen molar-refractivity contribution >= 4 is 23.6 Å². The molecule has 2 fully saturated rings. The zero-order valence-corrected chi connectivity index (χ0v) is 19.8. The number of benzene rings is 2. The number of nitrogens with one attached hydrogen (secondary N) is 1. The number of carbonyl (C=O) groups excluding carboxylic acids is 3. The summed E-state index contributed by atoms with van der Waals surface area (Å²) in [5, 5.41) is 2.88. The number of hydrogen-bond acceptors (Lipinski definition) is 5. The van der Waals surface area contributed by atoms with Crippen molar-refractivity contribution in [2.24, 2.45) is 5.92 Å². The van der Waals surface area contributed by atoms with E-state index in [1.165, 1.54) is 4.90 Å². The van der Waals surface area contributed by atoms with Crippen LogP contribution in [0.1, 0.15) is 36.6 Å². The van der Waals surface area contributed by atoms with Crippen LogP contribution in [0.2, 0.25) is 0 Å². The topological polar surface area (TPSA) is 88.2 Å². The van der Waals surface area contributed by atoms with Crippen LogP contribution in [0.5, 0.6) is 0 Å². The maximum Gasteiger partial charge on any atom is 0.411 e. The molecule has 1 N–H and O–H groups in total. The fourth-order valence-corrected chi connectivity index (χ4v) is 4.13. The summed E-state index contributed by atoms with van der Waals surface area (Å²) in [6.07, 6.45) is -1.32. The van der Waals surface area contributed by atoms with Crippen molar-refractivity contribution in [3.8, 4) is 0 Å². The second kappa shape index (κ2) is 10.3. The zero-order valence-electron chi connectivity index (χ0n) is 19.8. The van der Waals surface area contributed by atoms with E-state index in [0.29, 0.717) is 37.6 Å². The molecule has 2 unspecified atom stereocenters. The number of aryl methyl sites for hydroxylation is 1. The normalized spacial score (nSPS) is 20.4. The molecule has 0 aromatic heterocycles. The molecule has 2 saturated heterocycles. The number of cyclic esters (lactones) is 1. The Bertz CT molecular complexity index is 1050. The van der Waals surface area contributed by atoms with Gasteiger partial charge in [0.15, 0.2) is 12.1 Å². The van der Waals surface area contributed by atoms with E-state index in [0.717, 1.165) is 11.1 Å². The first-order chi connectivity index (χ1) is 16.3. The monoisotopic (exact) mass is 465 g/mol. The van der Waals surface area contributed by atoms with Gasteiger partial charge in [-0.1, -0.05) is 55.8 Å². The van der Waals surface area contributed by atoms with E-state index in [4.69, 9.17) is 9.47 Å². The van der Waals surface area contributed by atoms with Crippen LogP contribution >= 0.6 is 0 Å². The molecule has 2 aromatic carbocycles. The van der Waals surface area contributed by atoms with Crippen molar-refractivity contribution in [3.05, 3.63) is 65.2 Å². The predicted molar refractivity (Wildman–Crippen MR) is 127 cm³/mol. The Morgan fingerprint density at radius 2 is 1.79 bits per heavy atom. The standard InChI is InChI=1S/C26H31N3O5/c1-17(2)24(30)27-21-6-4-5-20(15-21)23-22(25(31)28-11-13-33-14-12-28)29(26(32)34-23)16-19-9-7-18(3)8-10-19/h4-10,15,17,22-23H,11-14,16H2,1-3H3,(H,27,30). The molecular weight excluding hydrogens is 434 g/mol. The van der Waals surface area contributed by atoms with Crippen molar-refractivity contribution in [2.45, 2.75) is 39.5 Å². The van der Waals surface area contributed by atoms with E-state index in [9.17, 15) is 14.4 Å². The first-order valence-electron chi connectivity index (χ1n) is 11.6. The predicted octanol–water partition coefficient (Wildman–Crippen LogP) is 3.51. The van der Waals surface area contributed by atoms with Gasteiger partial charge >= 0.3 is 6.09 Å². The van der Waals surface area contributed by atoms with Crippen LogP contribution in [-0.2, 0) is 25.6 Å². The van der Waals surface area contributed by atoms with Crippen molar-refractivity contribution in [3.63, 3.8) is 0 Å². The Kier molecular flexibility index (Phi) is 7.17. The van der Waals surface area contributed by atoms with Crippen LogP contribution in [-0.4, -0.2) is 60.1 Å². The van der Waals surface area contributed by atoms with Crippen LogP contribution in [0, 0.1) is 12.8 Å². The number of carbonyl (C=O) groups is 3. The van der Waals surface area contributed by atoms with Gasteiger partial charge in [-0.05, 0) is 30.2 Å². The van der Waals surface area contributed by atoms with E-state index in [1.54, 1.807) is 23.1 Å². The maximum atomic E-state index is 13.7. The average Bonchev–Trinajstić information content (AvgIpc) is 3.16. The summed E-state index contributed by atoms with van der Waals surface area (Å²) >= 11 is 0. The Morgan fingerprint density at radius 3 is 2.47 bits per heavy atom. The maximum absolute atomic E-state index is 13.7. The fourth-order valence-electron chi connectivity index (χ4n) is 4.13. The molecule has 4 rings (SSSR count). The molecule has 2 aliphatic rings. The highest BCUT2D eigenvalue weighted by atomic mass is 16.6. The second-order valence-corrected chi connectivity index (χ2v) is 9.07. The van der Waals surface area contributed by atoms with E-state index in [-0.39, 0.29) is 24.3 Å². The smallest absolute Gasteiger partial charge is 0.411 e. The molecule has 0 aliphatic carbocycles. The van der Waals surface area contributed by atoms with Gasteiger partial charge in [-0.25, -0.2) is 4.79 Å². The SMILES string of the molecule is Cc1ccc(CN2C(=O)OC(c3cccc(NC(=O)C(C)C)c3)C2C(=O)N2CCOCC2)cc1. The largest absolute Gasteiger partial charge is 0.438 e. The lowest BCUT2D eigenvalue weighted by Gasteiger charge is -2.33. The van der Waals surface area contributed by atoms with Gasteiger partial charge in [-0.2, -0.15) is 0 Å². The van der Waals surface area contributed by atoms with E-state index >= 15 is 0 Å². The molecule has 8 heteroatoms. The number of morpholine rings is 1. The lowest BCUT2D eigenvalue weighted by atomic mass is 9.99. The van der Waals surface area contributed by atoms with E-state index < -0.39 is 18.2 Å². The number of rotatable bonds is 6. The third kappa shape index (κ3) is 5.22. The molecule has 2 aliphatic heterocycles. The number of anilines is 1. The molecule has 34 heavy (non-hydrogen) atoms. The summed E-state index contributed by atoms with van der Waals surface area (Å²) in [6, 6.07) is 14.2. The summed E-state index contributed by atoms with van der Waals surface area (Å²) < 4.78 is 11.2. The molecule has 0 spiro atoms. The highest BCUT2D eigenvalue weighted by Crippen LogP contribution is 2.36. The van der Waals surface area contributed by atoms with Crippen LogP contribution in [0.25, 0.3) is 0 Å². The Morgan fingerprint density at radius 1 is 1.09 bits per heavy atom. The van der Waals surface area contributed by atoms with Crippen molar-refractivity contribution in [2.75, 3.05) is 31.6 Å².